The normalized spacial score (nSPS) is 12.0. The zero-order valence-corrected chi connectivity index (χ0v) is 10.1. The Morgan fingerprint density at radius 2 is 1.86 bits per heavy atom. The van der Waals surface area contributed by atoms with E-state index in [1.807, 2.05) is 0 Å². The van der Waals surface area contributed by atoms with Crippen LogP contribution in [0.15, 0.2) is 0 Å². The third kappa shape index (κ3) is 8.52. The van der Waals surface area contributed by atoms with Crippen LogP contribution in [0, 0.1) is 5.41 Å². The summed E-state index contributed by atoms with van der Waals surface area (Å²) in [6.45, 7) is 9.27. The first kappa shape index (κ1) is 13.9. The third-order valence-electron chi connectivity index (χ3n) is 2.57. The van der Waals surface area contributed by atoms with Gasteiger partial charge in [-0.3, -0.25) is 0 Å². The van der Waals surface area contributed by atoms with Crippen LogP contribution in [0.5, 0.6) is 0 Å². The van der Waals surface area contributed by atoms with E-state index in [2.05, 4.69) is 26.1 Å². The molecule has 0 spiro atoms. The van der Waals surface area contributed by atoms with Crippen LogP contribution >= 0.6 is 0 Å². The first-order valence-electron chi connectivity index (χ1n) is 5.94. The quantitative estimate of drug-likeness (QED) is 0.562. The van der Waals surface area contributed by atoms with Gasteiger partial charge in [0.15, 0.2) is 0 Å². The topological polar surface area (TPSA) is 32.3 Å². The minimum atomic E-state index is 0.319. The molecule has 0 aliphatic rings. The van der Waals surface area contributed by atoms with Gasteiger partial charge in [-0.15, -0.1) is 0 Å². The van der Waals surface area contributed by atoms with Crippen LogP contribution in [0.25, 0.3) is 0 Å². The third-order valence-corrected chi connectivity index (χ3v) is 2.57. The fourth-order valence-corrected chi connectivity index (χ4v) is 1.57. The molecule has 0 aromatic rings. The van der Waals surface area contributed by atoms with E-state index in [1.54, 1.807) is 0 Å². The Morgan fingerprint density at radius 3 is 2.43 bits per heavy atom. The van der Waals surface area contributed by atoms with E-state index in [9.17, 15) is 0 Å². The van der Waals surface area contributed by atoms with Crippen LogP contribution in [-0.2, 0) is 0 Å². The second-order valence-corrected chi connectivity index (χ2v) is 4.88. The minimum Gasteiger partial charge on any atom is -0.396 e. The lowest BCUT2D eigenvalue weighted by Crippen LogP contribution is -2.30. The van der Waals surface area contributed by atoms with Crippen molar-refractivity contribution in [2.75, 3.05) is 19.7 Å². The molecule has 0 amide bonds. The predicted octanol–water partition coefficient (Wildman–Crippen LogP) is 2.56. The summed E-state index contributed by atoms with van der Waals surface area (Å²) in [6.07, 6.45) is 5.92. The Labute approximate surface area is 89.1 Å². The Morgan fingerprint density at radius 1 is 1.14 bits per heavy atom. The van der Waals surface area contributed by atoms with Gasteiger partial charge in [0, 0.05) is 13.2 Å². The molecular formula is C12H27NO. The molecule has 2 N–H and O–H groups in total. The van der Waals surface area contributed by atoms with Crippen molar-refractivity contribution in [2.24, 2.45) is 5.41 Å². The van der Waals surface area contributed by atoms with Gasteiger partial charge in [0.05, 0.1) is 0 Å². The molecule has 14 heavy (non-hydrogen) atoms. The SMILES string of the molecule is CCCCCNCC(C)(C)CCCO. The number of unbranched alkanes of at least 4 members (excludes halogenated alkanes) is 2. The zero-order valence-electron chi connectivity index (χ0n) is 10.1. The van der Waals surface area contributed by atoms with Crippen molar-refractivity contribution in [3.8, 4) is 0 Å². The second kappa shape index (κ2) is 8.25. The molecule has 2 heteroatoms. The summed E-state index contributed by atoms with van der Waals surface area (Å²) in [6, 6.07) is 0. The van der Waals surface area contributed by atoms with Crippen molar-refractivity contribution < 1.29 is 5.11 Å². The highest BCUT2D eigenvalue weighted by Gasteiger charge is 2.15. The predicted molar refractivity (Wildman–Crippen MR) is 62.5 cm³/mol. The maximum atomic E-state index is 8.75. The zero-order chi connectivity index (χ0) is 10.9. The van der Waals surface area contributed by atoms with Crippen LogP contribution < -0.4 is 5.32 Å². The fraction of sp³-hybridized carbons (Fsp3) is 1.00. The van der Waals surface area contributed by atoms with Crippen LogP contribution in [-0.4, -0.2) is 24.8 Å². The largest absolute Gasteiger partial charge is 0.396 e. The van der Waals surface area contributed by atoms with Gasteiger partial charge in [-0.05, 0) is 31.2 Å². The molecule has 0 radical (unpaired) electrons. The van der Waals surface area contributed by atoms with Gasteiger partial charge < -0.3 is 10.4 Å². The van der Waals surface area contributed by atoms with Crippen molar-refractivity contribution in [1.29, 1.82) is 0 Å². The van der Waals surface area contributed by atoms with E-state index < -0.39 is 0 Å². The number of aliphatic hydroxyl groups is 1. The van der Waals surface area contributed by atoms with Gasteiger partial charge in [0.2, 0.25) is 0 Å². The molecule has 0 bridgehead atoms. The Balaban J connectivity index is 3.35. The van der Waals surface area contributed by atoms with Gasteiger partial charge in [-0.2, -0.15) is 0 Å². The molecule has 0 saturated carbocycles. The number of hydrogen-bond donors (Lipinski definition) is 2. The first-order valence-corrected chi connectivity index (χ1v) is 5.94. The molecule has 0 aliphatic carbocycles. The van der Waals surface area contributed by atoms with E-state index in [4.69, 9.17) is 5.11 Å². The summed E-state index contributed by atoms with van der Waals surface area (Å²) in [7, 11) is 0. The molecule has 0 aliphatic heterocycles. The summed E-state index contributed by atoms with van der Waals surface area (Å²) >= 11 is 0. The minimum absolute atomic E-state index is 0.319. The molecule has 86 valence electrons. The van der Waals surface area contributed by atoms with Crippen LogP contribution in [0.2, 0.25) is 0 Å². The van der Waals surface area contributed by atoms with Crippen LogP contribution in [0.4, 0.5) is 0 Å². The monoisotopic (exact) mass is 201 g/mol. The van der Waals surface area contributed by atoms with Crippen molar-refractivity contribution >= 4 is 0 Å². The molecule has 0 unspecified atom stereocenters. The highest BCUT2D eigenvalue weighted by atomic mass is 16.2. The number of nitrogens with one attached hydrogen (secondary N) is 1. The van der Waals surface area contributed by atoms with Crippen LogP contribution in [0.3, 0.4) is 0 Å². The molecule has 0 saturated heterocycles. The lowest BCUT2D eigenvalue weighted by Gasteiger charge is -2.24. The fourth-order valence-electron chi connectivity index (χ4n) is 1.57. The van der Waals surface area contributed by atoms with E-state index >= 15 is 0 Å². The molecule has 0 rings (SSSR count). The lowest BCUT2D eigenvalue weighted by molar-refractivity contribution is 0.236. The number of aliphatic hydroxyl groups excluding tert-OH is 1. The van der Waals surface area contributed by atoms with Crippen molar-refractivity contribution in [3.63, 3.8) is 0 Å². The maximum absolute atomic E-state index is 8.75. The molecule has 2 nitrogen and oxygen atoms in total. The Hall–Kier alpha value is -0.0800. The summed E-state index contributed by atoms with van der Waals surface area (Å²) in [5.74, 6) is 0. The second-order valence-electron chi connectivity index (χ2n) is 4.88. The lowest BCUT2D eigenvalue weighted by atomic mass is 9.88. The van der Waals surface area contributed by atoms with Crippen LogP contribution in [0.1, 0.15) is 52.9 Å². The standard InChI is InChI=1S/C12H27NO/c1-4-5-6-9-13-11-12(2,3)8-7-10-14/h13-14H,4-11H2,1-3H3. The van der Waals surface area contributed by atoms with E-state index in [1.165, 1.54) is 19.3 Å². The first-order chi connectivity index (χ1) is 6.62. The summed E-state index contributed by atoms with van der Waals surface area (Å²) in [4.78, 5) is 0. The molecule has 0 atom stereocenters. The number of rotatable bonds is 9. The summed E-state index contributed by atoms with van der Waals surface area (Å²) < 4.78 is 0. The summed E-state index contributed by atoms with van der Waals surface area (Å²) in [5.41, 5.74) is 0.328. The van der Waals surface area contributed by atoms with E-state index in [0.29, 0.717) is 12.0 Å². The molecule has 0 heterocycles. The van der Waals surface area contributed by atoms with Gasteiger partial charge in [-0.25, -0.2) is 0 Å². The maximum Gasteiger partial charge on any atom is 0.0431 e. The van der Waals surface area contributed by atoms with Gasteiger partial charge in [0.1, 0.15) is 0 Å². The van der Waals surface area contributed by atoms with Gasteiger partial charge >= 0.3 is 0 Å². The van der Waals surface area contributed by atoms with Crippen molar-refractivity contribution in [1.82, 2.24) is 5.32 Å². The number of hydrogen-bond acceptors (Lipinski definition) is 2. The average molecular weight is 201 g/mol. The average Bonchev–Trinajstić information content (AvgIpc) is 2.15. The highest BCUT2D eigenvalue weighted by molar-refractivity contribution is 4.71. The molecule has 0 aromatic heterocycles. The van der Waals surface area contributed by atoms with E-state index in [-0.39, 0.29) is 0 Å². The Kier molecular flexibility index (Phi) is 8.20. The van der Waals surface area contributed by atoms with Gasteiger partial charge in [-0.1, -0.05) is 33.6 Å². The molecule has 0 aromatic carbocycles. The highest BCUT2D eigenvalue weighted by Crippen LogP contribution is 2.20. The molecule has 0 fully saturated rings. The summed E-state index contributed by atoms with van der Waals surface area (Å²) in [5, 5.41) is 12.2. The van der Waals surface area contributed by atoms with Crippen molar-refractivity contribution in [3.05, 3.63) is 0 Å². The van der Waals surface area contributed by atoms with Crippen molar-refractivity contribution in [2.45, 2.75) is 52.9 Å². The molecular weight excluding hydrogens is 174 g/mol. The van der Waals surface area contributed by atoms with Gasteiger partial charge in [0.25, 0.3) is 0 Å². The Bertz CT molecular complexity index is 123. The smallest absolute Gasteiger partial charge is 0.0431 e. The van der Waals surface area contributed by atoms with E-state index in [0.717, 1.165) is 25.9 Å².